The highest BCUT2D eigenvalue weighted by atomic mass is 35.5. The van der Waals surface area contributed by atoms with Gasteiger partial charge in [0.2, 0.25) is 5.88 Å². The number of carbonyl (C=O) groups is 1. The van der Waals surface area contributed by atoms with Gasteiger partial charge in [-0.3, -0.25) is 0 Å². The summed E-state index contributed by atoms with van der Waals surface area (Å²) in [5, 5.41) is 10.5. The van der Waals surface area contributed by atoms with Crippen LogP contribution in [0.15, 0.2) is 66.1 Å². The summed E-state index contributed by atoms with van der Waals surface area (Å²) in [7, 11) is 1.56. The van der Waals surface area contributed by atoms with Crippen molar-refractivity contribution in [3.8, 4) is 29.1 Å². The number of rotatable bonds is 7. The van der Waals surface area contributed by atoms with Gasteiger partial charge in [-0.2, -0.15) is 5.26 Å². The van der Waals surface area contributed by atoms with Crippen LogP contribution in [0.2, 0.25) is 10.0 Å². The lowest BCUT2D eigenvalue weighted by molar-refractivity contribution is 0.0734. The van der Waals surface area contributed by atoms with Gasteiger partial charge < -0.3 is 24.7 Å². The fourth-order valence-corrected chi connectivity index (χ4v) is 4.38. The molecule has 2 N–H and O–H groups in total. The third kappa shape index (κ3) is 5.61. The Morgan fingerprint density at radius 3 is 2.57 bits per heavy atom. The van der Waals surface area contributed by atoms with Crippen LogP contribution in [0.1, 0.15) is 41.3 Å². The molecule has 0 amide bonds. The number of hydrogen-bond acceptors (Lipinski definition) is 7. The molecule has 1 atom stereocenters. The molecule has 9 heteroatoms. The minimum atomic E-state index is -0.656. The van der Waals surface area contributed by atoms with Gasteiger partial charge in [-0.05, 0) is 47.9 Å². The number of hydrogen-bond donors (Lipinski definition) is 1. The number of fused-ring (bicyclic) bond motifs is 1. The molecule has 190 valence electrons. The van der Waals surface area contributed by atoms with Crippen LogP contribution in [0.3, 0.4) is 0 Å². The predicted octanol–water partition coefficient (Wildman–Crippen LogP) is 6.47. The van der Waals surface area contributed by atoms with Crippen molar-refractivity contribution in [2.45, 2.75) is 19.8 Å². The van der Waals surface area contributed by atoms with Crippen LogP contribution in [-0.4, -0.2) is 19.7 Å². The summed E-state index contributed by atoms with van der Waals surface area (Å²) >= 11 is 12.0. The van der Waals surface area contributed by atoms with Crippen LogP contribution in [0, 0.1) is 17.2 Å². The van der Waals surface area contributed by atoms with E-state index in [-0.39, 0.29) is 27.8 Å². The van der Waals surface area contributed by atoms with Gasteiger partial charge in [0.15, 0.2) is 11.5 Å². The molecule has 0 aliphatic carbocycles. The van der Waals surface area contributed by atoms with Crippen LogP contribution in [-0.2, 0) is 0 Å². The molecule has 0 radical (unpaired) electrons. The lowest BCUT2D eigenvalue weighted by Crippen LogP contribution is -2.21. The van der Waals surface area contributed by atoms with Gasteiger partial charge >= 0.3 is 5.97 Å². The number of ether oxygens (including phenoxy) is 4. The maximum absolute atomic E-state index is 12.7. The molecule has 0 saturated heterocycles. The highest BCUT2D eigenvalue weighted by Gasteiger charge is 2.32. The van der Waals surface area contributed by atoms with E-state index in [2.05, 4.69) is 19.9 Å². The standard InChI is InChI=1S/C28H24Cl2N2O5/c1-15(2)14-35-23-9-4-16(10-25(23)34-3)26-20-8-6-18(12-24(20)37-27(32)21(26)13-31)36-28(33)19-7-5-17(29)11-22(19)30/h4-12,15,26H,14,32H2,1-3H3. The Labute approximate surface area is 224 Å². The summed E-state index contributed by atoms with van der Waals surface area (Å²) in [5.74, 6) is 0.833. The Morgan fingerprint density at radius 2 is 1.89 bits per heavy atom. The highest BCUT2D eigenvalue weighted by molar-refractivity contribution is 6.36. The normalized spacial score (nSPS) is 14.5. The maximum atomic E-state index is 12.7. The molecule has 1 unspecified atom stereocenters. The van der Waals surface area contributed by atoms with E-state index in [1.165, 1.54) is 12.1 Å². The number of allylic oxidation sites excluding steroid dienone is 1. The molecule has 4 rings (SSSR count). The summed E-state index contributed by atoms with van der Waals surface area (Å²) in [6.07, 6.45) is 0. The number of nitrogens with two attached hydrogens (primary N) is 1. The van der Waals surface area contributed by atoms with Crippen LogP contribution in [0.5, 0.6) is 23.0 Å². The van der Waals surface area contributed by atoms with Gasteiger partial charge in [0.05, 0.1) is 30.2 Å². The minimum Gasteiger partial charge on any atom is -0.493 e. The van der Waals surface area contributed by atoms with Crippen LogP contribution in [0.4, 0.5) is 0 Å². The monoisotopic (exact) mass is 538 g/mol. The number of nitriles is 1. The van der Waals surface area contributed by atoms with Crippen LogP contribution >= 0.6 is 23.2 Å². The number of carbonyl (C=O) groups excluding carboxylic acids is 1. The molecular formula is C28H24Cl2N2O5. The summed E-state index contributed by atoms with van der Waals surface area (Å²) < 4.78 is 22.7. The van der Waals surface area contributed by atoms with E-state index in [9.17, 15) is 10.1 Å². The Kier molecular flexibility index (Phi) is 7.82. The van der Waals surface area contributed by atoms with E-state index < -0.39 is 11.9 Å². The van der Waals surface area contributed by atoms with Crippen molar-refractivity contribution in [1.29, 1.82) is 5.26 Å². The van der Waals surface area contributed by atoms with Crippen molar-refractivity contribution >= 4 is 29.2 Å². The van der Waals surface area contributed by atoms with Crippen molar-refractivity contribution in [2.75, 3.05) is 13.7 Å². The molecule has 1 aliphatic heterocycles. The molecule has 7 nitrogen and oxygen atoms in total. The largest absolute Gasteiger partial charge is 0.493 e. The van der Waals surface area contributed by atoms with E-state index in [0.717, 1.165) is 5.56 Å². The lowest BCUT2D eigenvalue weighted by atomic mass is 9.83. The van der Waals surface area contributed by atoms with Crippen molar-refractivity contribution in [2.24, 2.45) is 11.7 Å². The molecule has 0 bridgehead atoms. The van der Waals surface area contributed by atoms with E-state index in [0.29, 0.717) is 40.4 Å². The molecule has 0 fully saturated rings. The highest BCUT2D eigenvalue weighted by Crippen LogP contribution is 2.45. The number of nitrogens with zero attached hydrogens (tertiary/aromatic N) is 1. The summed E-state index contributed by atoms with van der Waals surface area (Å²) in [5.41, 5.74) is 7.99. The minimum absolute atomic E-state index is 0.0386. The summed E-state index contributed by atoms with van der Waals surface area (Å²) in [4.78, 5) is 12.7. The van der Waals surface area contributed by atoms with E-state index in [1.807, 2.05) is 18.2 Å². The van der Waals surface area contributed by atoms with E-state index in [4.69, 9.17) is 47.9 Å². The van der Waals surface area contributed by atoms with Gasteiger partial charge in [0.1, 0.15) is 23.1 Å². The number of methoxy groups -OCH3 is 1. The zero-order valence-corrected chi connectivity index (χ0v) is 21.9. The van der Waals surface area contributed by atoms with Crippen LogP contribution in [0.25, 0.3) is 0 Å². The first-order valence-electron chi connectivity index (χ1n) is 11.4. The lowest BCUT2D eigenvalue weighted by Gasteiger charge is -2.27. The molecule has 3 aromatic rings. The molecule has 0 spiro atoms. The predicted molar refractivity (Wildman–Crippen MR) is 140 cm³/mol. The van der Waals surface area contributed by atoms with Gasteiger partial charge in [-0.25, -0.2) is 4.79 Å². The van der Waals surface area contributed by atoms with Gasteiger partial charge in [0.25, 0.3) is 0 Å². The molecule has 1 heterocycles. The molecule has 3 aromatic carbocycles. The first-order valence-corrected chi connectivity index (χ1v) is 12.2. The molecule has 0 saturated carbocycles. The number of esters is 1. The summed E-state index contributed by atoms with van der Waals surface area (Å²) in [6.45, 7) is 4.65. The second-order valence-electron chi connectivity index (χ2n) is 8.75. The Balaban J connectivity index is 1.68. The van der Waals surface area contributed by atoms with Crippen molar-refractivity contribution < 1.29 is 23.7 Å². The second kappa shape index (κ2) is 11.0. The first kappa shape index (κ1) is 26.2. The fraction of sp³-hybridized carbons (Fsp3) is 0.214. The van der Waals surface area contributed by atoms with Crippen molar-refractivity contribution in [3.05, 3.63) is 92.8 Å². The third-order valence-corrected chi connectivity index (χ3v) is 6.19. The Bertz CT molecular complexity index is 1430. The van der Waals surface area contributed by atoms with Gasteiger partial charge in [-0.15, -0.1) is 0 Å². The quantitative estimate of drug-likeness (QED) is 0.271. The first-order chi connectivity index (χ1) is 17.7. The number of benzene rings is 3. The fourth-order valence-electron chi connectivity index (χ4n) is 3.90. The third-order valence-electron chi connectivity index (χ3n) is 5.65. The molecule has 37 heavy (non-hydrogen) atoms. The van der Waals surface area contributed by atoms with Crippen molar-refractivity contribution in [1.82, 2.24) is 0 Å². The summed E-state index contributed by atoms with van der Waals surface area (Å²) in [6, 6.07) is 17.0. The molecular weight excluding hydrogens is 515 g/mol. The van der Waals surface area contributed by atoms with E-state index >= 15 is 0 Å². The average molecular weight is 539 g/mol. The molecule has 1 aliphatic rings. The zero-order valence-electron chi connectivity index (χ0n) is 20.4. The topological polar surface area (TPSA) is 104 Å². The average Bonchev–Trinajstić information content (AvgIpc) is 2.86. The van der Waals surface area contributed by atoms with Crippen molar-refractivity contribution in [3.63, 3.8) is 0 Å². The SMILES string of the molecule is COc1cc(C2C(C#N)=C(N)Oc3cc(OC(=O)c4ccc(Cl)cc4Cl)ccc32)ccc1OCC(C)C. The zero-order chi connectivity index (χ0) is 26.7. The van der Waals surface area contributed by atoms with Gasteiger partial charge in [0, 0.05) is 16.7 Å². The van der Waals surface area contributed by atoms with Crippen LogP contribution < -0.4 is 24.7 Å². The van der Waals surface area contributed by atoms with E-state index in [1.54, 1.807) is 31.4 Å². The second-order valence-corrected chi connectivity index (χ2v) is 9.60. The molecule has 0 aromatic heterocycles. The Hall–Kier alpha value is -3.86. The number of halogens is 2. The van der Waals surface area contributed by atoms with Gasteiger partial charge in [-0.1, -0.05) is 49.2 Å². The Morgan fingerprint density at radius 1 is 1.11 bits per heavy atom. The smallest absolute Gasteiger partial charge is 0.345 e. The maximum Gasteiger partial charge on any atom is 0.345 e.